The molecule has 45 heavy (non-hydrogen) atoms. The van der Waals surface area contributed by atoms with E-state index >= 15 is 0 Å². The van der Waals surface area contributed by atoms with Crippen LogP contribution in [-0.4, -0.2) is 78.9 Å². The van der Waals surface area contributed by atoms with Gasteiger partial charge < -0.3 is 19.0 Å². The molecule has 1 saturated heterocycles. The molecule has 0 saturated carbocycles. The quantitative estimate of drug-likeness (QED) is 0.103. The van der Waals surface area contributed by atoms with Crippen LogP contribution in [0.5, 0.6) is 5.75 Å². The molecule has 242 valence electrons. The lowest BCUT2D eigenvalue weighted by molar-refractivity contribution is -0.179. The number of aryl methyl sites for hydroxylation is 1. The molecule has 0 N–H and O–H groups in total. The molecule has 15 heteroatoms. The maximum absolute atomic E-state index is 13.6. The second-order valence-corrected chi connectivity index (χ2v) is 14.2. The highest BCUT2D eigenvalue weighted by molar-refractivity contribution is 8.00. The lowest BCUT2D eigenvalue weighted by Crippen LogP contribution is -2.62. The number of halogens is 1. The van der Waals surface area contributed by atoms with Crippen LogP contribution in [0.15, 0.2) is 40.7 Å². The van der Waals surface area contributed by atoms with Crippen LogP contribution >= 0.6 is 34.9 Å². The van der Waals surface area contributed by atoms with E-state index in [2.05, 4.69) is 14.5 Å². The van der Waals surface area contributed by atoms with Gasteiger partial charge in [0.2, 0.25) is 11.5 Å². The molecular weight excluding hydrogens is 644 g/mol. The molecule has 1 amide bonds. The van der Waals surface area contributed by atoms with Crippen molar-refractivity contribution in [2.24, 2.45) is 11.1 Å². The number of hydrogen-bond donors (Lipinski definition) is 0. The van der Waals surface area contributed by atoms with Gasteiger partial charge in [0.25, 0.3) is 0 Å². The maximum Gasteiger partial charge on any atom is 0.355 e. The Kier molecular flexibility index (Phi) is 10.6. The molecule has 1 fully saturated rings. The number of fused-ring (bicyclic) bond motifs is 1. The van der Waals surface area contributed by atoms with E-state index in [1.54, 1.807) is 59.1 Å². The van der Waals surface area contributed by atoms with Gasteiger partial charge in [0.1, 0.15) is 28.7 Å². The van der Waals surface area contributed by atoms with Crippen molar-refractivity contribution in [3.05, 3.63) is 51.9 Å². The van der Waals surface area contributed by atoms with E-state index in [1.165, 1.54) is 30.5 Å². The van der Waals surface area contributed by atoms with E-state index in [1.807, 2.05) is 0 Å². The molecule has 2 aromatic rings. The Bertz CT molecular complexity index is 1530. The Balaban J connectivity index is 1.49. The first kappa shape index (κ1) is 34.4. The molecule has 3 heterocycles. The second kappa shape index (κ2) is 13.9. The minimum absolute atomic E-state index is 0.0107. The number of methoxy groups -OCH3 is 1. The van der Waals surface area contributed by atoms with Crippen molar-refractivity contribution in [3.8, 4) is 5.75 Å². The molecule has 4 rings (SSSR count). The zero-order valence-corrected chi connectivity index (χ0v) is 28.4. The summed E-state index contributed by atoms with van der Waals surface area (Å²) in [4.78, 5) is 64.1. The number of thioether (sulfide) groups is 1. The fraction of sp³-hybridized carbons (Fsp3) is 0.500. The van der Waals surface area contributed by atoms with Crippen LogP contribution in [0.4, 0.5) is 0 Å². The average Bonchev–Trinajstić information content (AvgIpc) is 3.42. The molecular formula is C30H35ClN4O8S2. The normalized spacial score (nSPS) is 18.6. The van der Waals surface area contributed by atoms with Crippen molar-refractivity contribution in [1.82, 2.24) is 14.3 Å². The van der Waals surface area contributed by atoms with Crippen LogP contribution in [0.3, 0.4) is 0 Å². The Morgan fingerprint density at radius 3 is 2.40 bits per heavy atom. The predicted octanol–water partition coefficient (Wildman–Crippen LogP) is 4.42. The largest absolute Gasteiger partial charge is 0.497 e. The number of alkyl halides is 1. The van der Waals surface area contributed by atoms with Gasteiger partial charge in [-0.2, -0.15) is 4.37 Å². The fourth-order valence-electron chi connectivity index (χ4n) is 4.35. The van der Waals surface area contributed by atoms with E-state index < -0.39 is 46.1 Å². The van der Waals surface area contributed by atoms with Crippen LogP contribution in [-0.2, 0) is 40.1 Å². The lowest BCUT2D eigenvalue weighted by Gasteiger charge is -2.49. The first-order valence-electron chi connectivity index (χ1n) is 14.0. The van der Waals surface area contributed by atoms with Crippen molar-refractivity contribution < 1.29 is 38.2 Å². The molecule has 0 radical (unpaired) electrons. The maximum atomic E-state index is 13.6. The van der Waals surface area contributed by atoms with E-state index in [4.69, 9.17) is 30.6 Å². The molecule has 0 bridgehead atoms. The number of esters is 2. The third-order valence-corrected chi connectivity index (χ3v) is 9.04. The SMILES string of the molecule is COc1ccc(COC(=O)C2=C(CCl)CSC3[C@H](CC(=O)/C(=N\OC(C)(C)C(=O)OC(C)(C)C)c4nsc(C)n4)C(=O)N23)cc1. The number of ketones is 1. The number of Topliss-reactive ketones (excluding diaryl/α,β-unsaturated/α-hetero) is 1. The molecule has 1 aromatic carbocycles. The Morgan fingerprint density at radius 1 is 1.13 bits per heavy atom. The van der Waals surface area contributed by atoms with Gasteiger partial charge in [0.15, 0.2) is 17.3 Å². The monoisotopic (exact) mass is 678 g/mol. The summed E-state index contributed by atoms with van der Waals surface area (Å²) in [6, 6.07) is 7.05. The molecule has 1 aromatic heterocycles. The number of carbonyl (C=O) groups is 4. The Morgan fingerprint density at radius 2 is 1.82 bits per heavy atom. The number of hydrogen-bond acceptors (Lipinski definition) is 13. The van der Waals surface area contributed by atoms with E-state index in [0.29, 0.717) is 22.1 Å². The number of benzene rings is 1. The summed E-state index contributed by atoms with van der Waals surface area (Å²) < 4.78 is 20.3. The molecule has 2 aliphatic heterocycles. The Labute approximate surface area is 274 Å². The molecule has 2 atom stereocenters. The van der Waals surface area contributed by atoms with Gasteiger partial charge in [-0.3, -0.25) is 14.5 Å². The first-order chi connectivity index (χ1) is 21.1. The number of oxime groups is 1. The number of amides is 1. The van der Waals surface area contributed by atoms with Crippen LogP contribution < -0.4 is 4.74 Å². The van der Waals surface area contributed by atoms with Crippen molar-refractivity contribution in [1.29, 1.82) is 0 Å². The number of rotatable bonds is 12. The van der Waals surface area contributed by atoms with Crippen molar-refractivity contribution in [3.63, 3.8) is 0 Å². The summed E-state index contributed by atoms with van der Waals surface area (Å²) >= 11 is 8.63. The number of aromatic nitrogens is 2. The first-order valence-corrected chi connectivity index (χ1v) is 16.4. The molecule has 0 aliphatic carbocycles. The van der Waals surface area contributed by atoms with Crippen molar-refractivity contribution in [2.75, 3.05) is 18.7 Å². The number of carbonyl (C=O) groups excluding carboxylic acids is 4. The van der Waals surface area contributed by atoms with Crippen LogP contribution in [0.2, 0.25) is 0 Å². The summed E-state index contributed by atoms with van der Waals surface area (Å²) in [5.74, 6) is -1.96. The van der Waals surface area contributed by atoms with E-state index in [9.17, 15) is 19.2 Å². The van der Waals surface area contributed by atoms with E-state index in [-0.39, 0.29) is 36.1 Å². The average molecular weight is 679 g/mol. The summed E-state index contributed by atoms with van der Waals surface area (Å²) in [7, 11) is 1.56. The summed E-state index contributed by atoms with van der Waals surface area (Å²) in [6.07, 6.45) is -0.245. The van der Waals surface area contributed by atoms with Gasteiger partial charge in [-0.25, -0.2) is 14.6 Å². The van der Waals surface area contributed by atoms with Crippen LogP contribution in [0.1, 0.15) is 57.4 Å². The highest BCUT2D eigenvalue weighted by Gasteiger charge is 2.54. The van der Waals surface area contributed by atoms with E-state index in [0.717, 1.165) is 17.1 Å². The third-order valence-electron chi connectivity index (χ3n) is 6.71. The van der Waals surface area contributed by atoms with Gasteiger partial charge in [-0.15, -0.1) is 23.4 Å². The summed E-state index contributed by atoms with van der Waals surface area (Å²) in [5.41, 5.74) is -1.11. The van der Waals surface area contributed by atoms with Gasteiger partial charge in [-0.1, -0.05) is 17.3 Å². The molecule has 12 nitrogen and oxygen atoms in total. The zero-order valence-electron chi connectivity index (χ0n) is 26.0. The standard InChI is InChI=1S/C30H35ClN4O8S2/c1-16-32-24(34-45-16)22(33-43-30(5,6)28(39)42-29(2,3)4)21(36)12-20-25(37)35-23(18(13-31)15-44-26(20)35)27(38)41-14-17-8-10-19(40-7)11-9-17/h8-11,20,26H,12-15H2,1-7H3/b33-22+/t20-,26?/m1/s1. The fourth-order valence-corrected chi connectivity index (χ4v) is 6.57. The predicted molar refractivity (Wildman–Crippen MR) is 169 cm³/mol. The highest BCUT2D eigenvalue weighted by Crippen LogP contribution is 2.45. The second-order valence-electron chi connectivity index (χ2n) is 11.8. The van der Waals surface area contributed by atoms with Gasteiger partial charge in [-0.05, 0) is 76.3 Å². The number of β-lactam (4-membered cyclic amide) rings is 1. The molecule has 1 unspecified atom stereocenters. The third kappa shape index (κ3) is 8.03. The number of nitrogens with zero attached hydrogens (tertiary/aromatic N) is 4. The summed E-state index contributed by atoms with van der Waals surface area (Å²) in [5, 5.41) is 4.10. The van der Waals surface area contributed by atoms with Gasteiger partial charge in [0, 0.05) is 18.1 Å². The topological polar surface area (TPSA) is 147 Å². The number of ether oxygens (including phenoxy) is 3. The molecule has 2 aliphatic rings. The molecule has 0 spiro atoms. The van der Waals surface area contributed by atoms with Gasteiger partial charge in [0.05, 0.1) is 18.4 Å². The smallest absolute Gasteiger partial charge is 0.355 e. The summed E-state index contributed by atoms with van der Waals surface area (Å²) in [6.45, 7) is 9.81. The lowest BCUT2D eigenvalue weighted by atomic mass is 9.89. The van der Waals surface area contributed by atoms with Crippen molar-refractivity contribution in [2.45, 2.75) is 71.1 Å². The van der Waals surface area contributed by atoms with Crippen LogP contribution in [0.25, 0.3) is 0 Å². The minimum Gasteiger partial charge on any atom is -0.497 e. The van der Waals surface area contributed by atoms with Gasteiger partial charge >= 0.3 is 11.9 Å². The van der Waals surface area contributed by atoms with Crippen molar-refractivity contribution >= 4 is 64.2 Å². The minimum atomic E-state index is -1.53. The zero-order chi connectivity index (χ0) is 33.1. The van der Waals surface area contributed by atoms with Crippen LogP contribution in [0, 0.1) is 12.8 Å². The Hall–Kier alpha value is -3.49. The highest BCUT2D eigenvalue weighted by atomic mass is 35.5.